The molecule has 2 aromatic rings. The van der Waals surface area contributed by atoms with Gasteiger partial charge in [0.1, 0.15) is 0 Å². The summed E-state index contributed by atoms with van der Waals surface area (Å²) in [6.07, 6.45) is 1.71. The molecule has 0 spiro atoms. The Morgan fingerprint density at radius 1 is 1.15 bits per heavy atom. The minimum Gasteiger partial charge on any atom is -0.493 e. The van der Waals surface area contributed by atoms with Crippen LogP contribution in [0.4, 0.5) is 0 Å². The summed E-state index contributed by atoms with van der Waals surface area (Å²) in [4.78, 5) is 16.3. The smallest absolute Gasteiger partial charge is 0.173 e. The number of thioether (sulfide) groups is 1. The first-order valence-electron chi connectivity index (χ1n) is 6.03. The van der Waals surface area contributed by atoms with Crippen molar-refractivity contribution >= 4 is 17.5 Å². The van der Waals surface area contributed by atoms with Crippen molar-refractivity contribution in [2.75, 3.05) is 20.0 Å². The highest BCUT2D eigenvalue weighted by Gasteiger charge is 2.11. The molecule has 20 heavy (non-hydrogen) atoms. The number of hydrogen-bond acceptors (Lipinski definition) is 5. The number of methoxy groups -OCH3 is 2. The lowest BCUT2D eigenvalue weighted by Gasteiger charge is -2.08. The number of carbonyl (C=O) groups excluding carboxylic acids is 1. The average molecular weight is 289 g/mol. The van der Waals surface area contributed by atoms with E-state index in [1.807, 2.05) is 18.2 Å². The van der Waals surface area contributed by atoms with E-state index in [0.717, 1.165) is 5.03 Å². The zero-order valence-corrected chi connectivity index (χ0v) is 12.1. The Bertz CT molecular complexity index is 587. The molecule has 0 aliphatic rings. The molecule has 2 rings (SSSR count). The molecule has 0 N–H and O–H groups in total. The van der Waals surface area contributed by atoms with Crippen molar-refractivity contribution in [2.24, 2.45) is 0 Å². The van der Waals surface area contributed by atoms with Crippen LogP contribution in [0.5, 0.6) is 11.5 Å². The number of benzene rings is 1. The van der Waals surface area contributed by atoms with E-state index in [4.69, 9.17) is 9.47 Å². The quantitative estimate of drug-likeness (QED) is 0.604. The molecule has 0 fully saturated rings. The van der Waals surface area contributed by atoms with Gasteiger partial charge in [-0.2, -0.15) is 0 Å². The minimum absolute atomic E-state index is 0.0293. The number of ketones is 1. The van der Waals surface area contributed by atoms with Crippen LogP contribution in [0.15, 0.2) is 47.6 Å². The minimum atomic E-state index is 0.0293. The molecule has 1 heterocycles. The first-order chi connectivity index (χ1) is 9.74. The normalized spacial score (nSPS) is 10.1. The van der Waals surface area contributed by atoms with E-state index in [2.05, 4.69) is 4.98 Å². The number of Topliss-reactive ketones (excluding diaryl/α,β-unsaturated/α-hetero) is 1. The van der Waals surface area contributed by atoms with Crippen molar-refractivity contribution in [3.05, 3.63) is 48.2 Å². The molecule has 0 aliphatic carbocycles. The van der Waals surface area contributed by atoms with Crippen LogP contribution in [-0.2, 0) is 0 Å². The zero-order valence-electron chi connectivity index (χ0n) is 11.3. The van der Waals surface area contributed by atoms with E-state index >= 15 is 0 Å². The van der Waals surface area contributed by atoms with Crippen LogP contribution in [0, 0.1) is 0 Å². The van der Waals surface area contributed by atoms with E-state index in [-0.39, 0.29) is 5.78 Å². The van der Waals surface area contributed by atoms with Crippen LogP contribution in [0.2, 0.25) is 0 Å². The van der Waals surface area contributed by atoms with Crippen molar-refractivity contribution in [1.82, 2.24) is 4.98 Å². The highest BCUT2D eigenvalue weighted by atomic mass is 32.2. The number of aromatic nitrogens is 1. The Hall–Kier alpha value is -2.01. The Morgan fingerprint density at radius 2 is 1.95 bits per heavy atom. The number of carbonyl (C=O) groups is 1. The SMILES string of the molecule is COc1ccc(C(=O)CSc2ccccn2)cc1OC. The second-order valence-electron chi connectivity index (χ2n) is 3.95. The third-order valence-corrected chi connectivity index (χ3v) is 3.64. The molecule has 0 atom stereocenters. The molecule has 0 saturated heterocycles. The summed E-state index contributed by atoms with van der Waals surface area (Å²) in [6.45, 7) is 0. The summed E-state index contributed by atoms with van der Waals surface area (Å²) in [5.41, 5.74) is 0.603. The van der Waals surface area contributed by atoms with Gasteiger partial charge in [0.2, 0.25) is 0 Å². The summed E-state index contributed by atoms with van der Waals surface area (Å²) in [6, 6.07) is 10.8. The number of rotatable bonds is 6. The summed E-state index contributed by atoms with van der Waals surface area (Å²) >= 11 is 1.41. The summed E-state index contributed by atoms with van der Waals surface area (Å²) < 4.78 is 10.3. The predicted octanol–water partition coefficient (Wildman–Crippen LogP) is 3.07. The molecule has 0 aliphatic heterocycles. The van der Waals surface area contributed by atoms with E-state index in [1.54, 1.807) is 38.6 Å². The lowest BCUT2D eigenvalue weighted by Crippen LogP contribution is -2.03. The largest absolute Gasteiger partial charge is 0.493 e. The molecule has 5 heteroatoms. The molecule has 0 radical (unpaired) electrons. The Morgan fingerprint density at radius 3 is 2.60 bits per heavy atom. The van der Waals surface area contributed by atoms with Gasteiger partial charge in [0, 0.05) is 11.8 Å². The van der Waals surface area contributed by atoms with E-state index in [9.17, 15) is 4.79 Å². The van der Waals surface area contributed by atoms with Crippen molar-refractivity contribution in [3.63, 3.8) is 0 Å². The van der Waals surface area contributed by atoms with Crippen LogP contribution in [0.25, 0.3) is 0 Å². The third kappa shape index (κ3) is 3.51. The van der Waals surface area contributed by atoms with Gasteiger partial charge in [0.25, 0.3) is 0 Å². The van der Waals surface area contributed by atoms with Gasteiger partial charge < -0.3 is 9.47 Å². The van der Waals surface area contributed by atoms with Gasteiger partial charge in [-0.15, -0.1) is 0 Å². The summed E-state index contributed by atoms with van der Waals surface area (Å²) in [5.74, 6) is 1.54. The highest BCUT2D eigenvalue weighted by molar-refractivity contribution is 7.99. The molecular weight excluding hydrogens is 274 g/mol. The topological polar surface area (TPSA) is 48.4 Å². The van der Waals surface area contributed by atoms with Crippen LogP contribution in [0.3, 0.4) is 0 Å². The molecule has 4 nitrogen and oxygen atoms in total. The second-order valence-corrected chi connectivity index (χ2v) is 4.95. The van der Waals surface area contributed by atoms with Crippen molar-refractivity contribution in [2.45, 2.75) is 5.03 Å². The van der Waals surface area contributed by atoms with Crippen LogP contribution in [-0.4, -0.2) is 30.7 Å². The first-order valence-corrected chi connectivity index (χ1v) is 7.02. The summed E-state index contributed by atoms with van der Waals surface area (Å²) in [7, 11) is 3.12. The van der Waals surface area contributed by atoms with Gasteiger partial charge in [0.05, 0.1) is 25.0 Å². The molecule has 1 aromatic heterocycles. The fraction of sp³-hybridized carbons (Fsp3) is 0.200. The zero-order chi connectivity index (χ0) is 14.4. The van der Waals surface area contributed by atoms with Crippen molar-refractivity contribution in [3.8, 4) is 11.5 Å². The lowest BCUT2D eigenvalue weighted by molar-refractivity contribution is 0.102. The maximum atomic E-state index is 12.1. The molecule has 104 valence electrons. The van der Waals surface area contributed by atoms with Crippen LogP contribution in [0.1, 0.15) is 10.4 Å². The van der Waals surface area contributed by atoms with Gasteiger partial charge >= 0.3 is 0 Å². The fourth-order valence-corrected chi connectivity index (χ4v) is 2.42. The van der Waals surface area contributed by atoms with Crippen LogP contribution < -0.4 is 9.47 Å². The van der Waals surface area contributed by atoms with Gasteiger partial charge in [-0.1, -0.05) is 17.8 Å². The van der Waals surface area contributed by atoms with Gasteiger partial charge in [-0.3, -0.25) is 4.79 Å². The van der Waals surface area contributed by atoms with E-state index in [0.29, 0.717) is 22.8 Å². The monoisotopic (exact) mass is 289 g/mol. The Kier molecular flexibility index (Phi) is 5.01. The first kappa shape index (κ1) is 14.4. The summed E-state index contributed by atoms with van der Waals surface area (Å²) in [5, 5.41) is 0.835. The predicted molar refractivity (Wildman–Crippen MR) is 78.8 cm³/mol. The van der Waals surface area contributed by atoms with Gasteiger partial charge in [0.15, 0.2) is 17.3 Å². The molecule has 0 bridgehead atoms. The fourth-order valence-electron chi connectivity index (χ4n) is 1.66. The number of nitrogens with zero attached hydrogens (tertiary/aromatic N) is 1. The lowest BCUT2D eigenvalue weighted by atomic mass is 10.1. The highest BCUT2D eigenvalue weighted by Crippen LogP contribution is 2.28. The van der Waals surface area contributed by atoms with E-state index < -0.39 is 0 Å². The number of hydrogen-bond donors (Lipinski definition) is 0. The number of ether oxygens (including phenoxy) is 2. The maximum Gasteiger partial charge on any atom is 0.173 e. The third-order valence-electron chi connectivity index (χ3n) is 2.69. The van der Waals surface area contributed by atoms with Crippen LogP contribution >= 0.6 is 11.8 Å². The Balaban J connectivity index is 2.06. The maximum absolute atomic E-state index is 12.1. The molecule has 1 aromatic carbocycles. The number of pyridine rings is 1. The average Bonchev–Trinajstić information content (AvgIpc) is 2.52. The molecule has 0 amide bonds. The molecular formula is C15H15NO3S. The standard InChI is InChI=1S/C15H15NO3S/c1-18-13-7-6-11(9-14(13)19-2)12(17)10-20-15-5-3-4-8-16-15/h3-9H,10H2,1-2H3. The molecule has 0 saturated carbocycles. The van der Waals surface area contributed by atoms with Gasteiger partial charge in [-0.05, 0) is 30.3 Å². The van der Waals surface area contributed by atoms with E-state index in [1.165, 1.54) is 11.8 Å². The van der Waals surface area contributed by atoms with Crippen molar-refractivity contribution in [1.29, 1.82) is 0 Å². The Labute approximate surface area is 122 Å². The molecule has 0 unspecified atom stereocenters. The van der Waals surface area contributed by atoms with Crippen molar-refractivity contribution < 1.29 is 14.3 Å². The van der Waals surface area contributed by atoms with Gasteiger partial charge in [-0.25, -0.2) is 4.98 Å². The second kappa shape index (κ2) is 6.96.